The van der Waals surface area contributed by atoms with Crippen LogP contribution >= 0.6 is 0 Å². The second-order valence-corrected chi connectivity index (χ2v) is 3.43. The molecule has 0 atom stereocenters. The molecule has 1 heterocycles. The lowest BCUT2D eigenvalue weighted by Crippen LogP contribution is -1.94. The highest BCUT2D eigenvalue weighted by atomic mass is 14.9. The number of aryl methyl sites for hydroxylation is 1. The Kier molecular flexibility index (Phi) is 2.54. The molecule has 3 nitrogen and oxygen atoms in total. The summed E-state index contributed by atoms with van der Waals surface area (Å²) in [6, 6.07) is 9.76. The van der Waals surface area contributed by atoms with Crippen LogP contribution in [-0.2, 0) is 0 Å². The predicted molar refractivity (Wildman–Crippen MR) is 63.1 cm³/mol. The first-order valence-electron chi connectivity index (χ1n) is 4.79. The maximum Gasteiger partial charge on any atom is 0.0415 e. The van der Waals surface area contributed by atoms with Gasteiger partial charge in [0, 0.05) is 29.5 Å². The van der Waals surface area contributed by atoms with Gasteiger partial charge in [0.05, 0.1) is 0 Å². The zero-order valence-electron chi connectivity index (χ0n) is 8.57. The molecule has 0 saturated carbocycles. The van der Waals surface area contributed by atoms with Gasteiger partial charge in [-0.15, -0.1) is 0 Å². The van der Waals surface area contributed by atoms with E-state index in [2.05, 4.69) is 10.3 Å². The van der Waals surface area contributed by atoms with Crippen LogP contribution in [0.15, 0.2) is 42.7 Å². The average molecular weight is 199 g/mol. The van der Waals surface area contributed by atoms with Crippen molar-refractivity contribution in [2.45, 2.75) is 6.92 Å². The van der Waals surface area contributed by atoms with Crippen molar-refractivity contribution < 1.29 is 0 Å². The van der Waals surface area contributed by atoms with Crippen molar-refractivity contribution in [1.29, 1.82) is 0 Å². The van der Waals surface area contributed by atoms with E-state index >= 15 is 0 Å². The van der Waals surface area contributed by atoms with Crippen LogP contribution in [0.5, 0.6) is 0 Å². The second kappa shape index (κ2) is 4.00. The van der Waals surface area contributed by atoms with Gasteiger partial charge in [-0.2, -0.15) is 0 Å². The van der Waals surface area contributed by atoms with Crippen LogP contribution in [0.1, 0.15) is 5.56 Å². The van der Waals surface area contributed by atoms with Crippen LogP contribution in [0.2, 0.25) is 0 Å². The normalized spacial score (nSPS) is 9.93. The van der Waals surface area contributed by atoms with E-state index in [1.165, 1.54) is 0 Å². The van der Waals surface area contributed by atoms with E-state index in [-0.39, 0.29) is 0 Å². The first kappa shape index (κ1) is 9.52. The first-order chi connectivity index (χ1) is 7.25. The lowest BCUT2D eigenvalue weighted by molar-refractivity contribution is 1.32. The molecule has 0 unspecified atom stereocenters. The van der Waals surface area contributed by atoms with Gasteiger partial charge < -0.3 is 11.1 Å². The van der Waals surface area contributed by atoms with Crippen LogP contribution in [0, 0.1) is 6.92 Å². The predicted octanol–water partition coefficient (Wildman–Crippen LogP) is 2.72. The highest BCUT2D eigenvalue weighted by molar-refractivity contribution is 5.65. The molecule has 0 amide bonds. The topological polar surface area (TPSA) is 50.9 Å². The molecule has 0 radical (unpaired) electrons. The van der Waals surface area contributed by atoms with Crippen molar-refractivity contribution in [2.75, 3.05) is 11.1 Å². The lowest BCUT2D eigenvalue weighted by atomic mass is 10.2. The van der Waals surface area contributed by atoms with E-state index in [0.717, 1.165) is 22.6 Å². The minimum atomic E-state index is 0.800. The van der Waals surface area contributed by atoms with Crippen molar-refractivity contribution in [1.82, 2.24) is 4.98 Å². The number of nitrogens with two attached hydrogens (primary N) is 1. The minimum absolute atomic E-state index is 0.800. The van der Waals surface area contributed by atoms with E-state index in [9.17, 15) is 0 Å². The van der Waals surface area contributed by atoms with E-state index in [0.29, 0.717) is 0 Å². The smallest absolute Gasteiger partial charge is 0.0415 e. The number of nitrogen functional groups attached to an aromatic ring is 1. The fraction of sp³-hybridized carbons (Fsp3) is 0.0833. The molecule has 2 aromatic rings. The Labute approximate surface area is 89.0 Å². The third-order valence-electron chi connectivity index (χ3n) is 2.25. The number of hydrogen-bond donors (Lipinski definition) is 2. The Morgan fingerprint density at radius 2 is 1.80 bits per heavy atom. The van der Waals surface area contributed by atoms with Gasteiger partial charge in [0.2, 0.25) is 0 Å². The number of benzene rings is 1. The van der Waals surface area contributed by atoms with Gasteiger partial charge in [0.25, 0.3) is 0 Å². The molecule has 15 heavy (non-hydrogen) atoms. The zero-order chi connectivity index (χ0) is 10.7. The molecule has 1 aromatic carbocycles. The Hall–Kier alpha value is -2.03. The van der Waals surface area contributed by atoms with Gasteiger partial charge in [0.15, 0.2) is 0 Å². The first-order valence-corrected chi connectivity index (χ1v) is 4.79. The minimum Gasteiger partial charge on any atom is -0.398 e. The van der Waals surface area contributed by atoms with E-state index in [1.54, 1.807) is 12.4 Å². The molecular weight excluding hydrogens is 186 g/mol. The summed E-state index contributed by atoms with van der Waals surface area (Å²) in [5.74, 6) is 0. The van der Waals surface area contributed by atoms with Crippen molar-refractivity contribution in [2.24, 2.45) is 0 Å². The second-order valence-electron chi connectivity index (χ2n) is 3.43. The molecule has 0 saturated heterocycles. The quantitative estimate of drug-likeness (QED) is 0.731. The summed E-state index contributed by atoms with van der Waals surface area (Å²) in [6.07, 6.45) is 3.50. The number of nitrogens with zero attached hydrogens (tertiary/aromatic N) is 1. The standard InChI is InChI=1S/C12H13N3/c1-9-2-3-11(8-12(9)13)15-10-4-6-14-7-5-10/h2-8H,13H2,1H3,(H,14,15). The van der Waals surface area contributed by atoms with Gasteiger partial charge in [0.1, 0.15) is 0 Å². The summed E-state index contributed by atoms with van der Waals surface area (Å²) in [5, 5.41) is 3.25. The van der Waals surface area contributed by atoms with E-state index in [1.807, 2.05) is 37.3 Å². The fourth-order valence-corrected chi connectivity index (χ4v) is 1.32. The summed E-state index contributed by atoms with van der Waals surface area (Å²) in [6.45, 7) is 1.99. The van der Waals surface area contributed by atoms with Crippen LogP contribution in [-0.4, -0.2) is 4.98 Å². The third kappa shape index (κ3) is 2.26. The van der Waals surface area contributed by atoms with E-state index in [4.69, 9.17) is 5.73 Å². The Morgan fingerprint density at radius 3 is 2.47 bits per heavy atom. The van der Waals surface area contributed by atoms with Crippen molar-refractivity contribution in [3.05, 3.63) is 48.3 Å². The maximum atomic E-state index is 5.82. The average Bonchev–Trinajstić information content (AvgIpc) is 2.25. The largest absolute Gasteiger partial charge is 0.398 e. The number of nitrogens with one attached hydrogen (secondary N) is 1. The number of aromatic nitrogens is 1. The van der Waals surface area contributed by atoms with Crippen LogP contribution in [0.25, 0.3) is 0 Å². The van der Waals surface area contributed by atoms with Crippen molar-refractivity contribution in [3.8, 4) is 0 Å². The summed E-state index contributed by atoms with van der Waals surface area (Å²) >= 11 is 0. The third-order valence-corrected chi connectivity index (χ3v) is 2.25. The Morgan fingerprint density at radius 1 is 1.07 bits per heavy atom. The van der Waals surface area contributed by atoms with Crippen molar-refractivity contribution >= 4 is 17.1 Å². The Bertz CT molecular complexity index is 452. The molecule has 0 spiro atoms. The van der Waals surface area contributed by atoms with Crippen LogP contribution in [0.4, 0.5) is 17.1 Å². The SMILES string of the molecule is Cc1ccc(Nc2ccncc2)cc1N. The molecular formula is C12H13N3. The molecule has 76 valence electrons. The molecule has 1 aromatic heterocycles. The number of anilines is 3. The summed E-state index contributed by atoms with van der Waals surface area (Å²) in [4.78, 5) is 3.95. The summed E-state index contributed by atoms with van der Waals surface area (Å²) in [7, 11) is 0. The fourth-order valence-electron chi connectivity index (χ4n) is 1.32. The van der Waals surface area contributed by atoms with Crippen LogP contribution in [0.3, 0.4) is 0 Å². The summed E-state index contributed by atoms with van der Waals surface area (Å²) < 4.78 is 0. The molecule has 0 fully saturated rings. The maximum absolute atomic E-state index is 5.82. The van der Waals surface area contributed by atoms with Gasteiger partial charge in [-0.3, -0.25) is 4.98 Å². The monoisotopic (exact) mass is 199 g/mol. The van der Waals surface area contributed by atoms with Gasteiger partial charge >= 0.3 is 0 Å². The van der Waals surface area contributed by atoms with Crippen LogP contribution < -0.4 is 11.1 Å². The number of rotatable bonds is 2. The molecule has 2 rings (SSSR count). The highest BCUT2D eigenvalue weighted by Gasteiger charge is 1.96. The van der Waals surface area contributed by atoms with E-state index < -0.39 is 0 Å². The van der Waals surface area contributed by atoms with Crippen molar-refractivity contribution in [3.63, 3.8) is 0 Å². The molecule has 0 aliphatic rings. The highest BCUT2D eigenvalue weighted by Crippen LogP contribution is 2.20. The number of hydrogen-bond acceptors (Lipinski definition) is 3. The number of pyridine rings is 1. The molecule has 3 heteroatoms. The molecule has 3 N–H and O–H groups in total. The van der Waals surface area contributed by atoms with Gasteiger partial charge in [-0.1, -0.05) is 6.07 Å². The van der Waals surface area contributed by atoms with Gasteiger partial charge in [-0.05, 0) is 36.8 Å². The molecule has 0 aliphatic heterocycles. The molecule has 0 bridgehead atoms. The summed E-state index contributed by atoms with van der Waals surface area (Å²) in [5.41, 5.74) is 9.71. The lowest BCUT2D eigenvalue weighted by Gasteiger charge is -2.07. The Balaban J connectivity index is 2.22. The molecule has 0 aliphatic carbocycles. The zero-order valence-corrected chi connectivity index (χ0v) is 8.57. The van der Waals surface area contributed by atoms with Gasteiger partial charge in [-0.25, -0.2) is 0 Å².